The summed E-state index contributed by atoms with van der Waals surface area (Å²) in [6, 6.07) is 14.9. The van der Waals surface area contributed by atoms with Crippen LogP contribution in [0.5, 0.6) is 0 Å². The van der Waals surface area contributed by atoms with Gasteiger partial charge in [0.05, 0.1) is 5.60 Å². The molecule has 0 radical (unpaired) electrons. The summed E-state index contributed by atoms with van der Waals surface area (Å²) in [6.45, 7) is 4.12. The Morgan fingerprint density at radius 2 is 1.63 bits per heavy atom. The number of rotatable bonds is 3. The molecule has 1 heteroatoms. The lowest BCUT2D eigenvalue weighted by molar-refractivity contribution is 0.0277. The molecule has 3 rings (SSSR count). The Morgan fingerprint density at radius 1 is 0.947 bits per heavy atom. The van der Waals surface area contributed by atoms with Crippen molar-refractivity contribution in [3.05, 3.63) is 59.2 Å². The first-order valence-electron chi connectivity index (χ1n) is 7.12. The molecule has 0 saturated heterocycles. The van der Waals surface area contributed by atoms with Crippen molar-refractivity contribution in [1.29, 1.82) is 0 Å². The van der Waals surface area contributed by atoms with Crippen LogP contribution in [0.15, 0.2) is 42.5 Å². The van der Waals surface area contributed by atoms with E-state index in [4.69, 9.17) is 0 Å². The van der Waals surface area contributed by atoms with Gasteiger partial charge in [-0.3, -0.25) is 0 Å². The zero-order valence-corrected chi connectivity index (χ0v) is 11.6. The molecule has 98 valence electrons. The molecule has 1 aliphatic carbocycles. The van der Waals surface area contributed by atoms with Gasteiger partial charge >= 0.3 is 0 Å². The number of fused-ring (bicyclic) bond motifs is 3. The van der Waals surface area contributed by atoms with Crippen molar-refractivity contribution in [1.82, 2.24) is 0 Å². The van der Waals surface area contributed by atoms with Gasteiger partial charge in [0, 0.05) is 0 Å². The lowest BCUT2D eigenvalue weighted by Gasteiger charge is -2.28. The Balaban J connectivity index is 2.19. The Hall–Kier alpha value is -1.60. The van der Waals surface area contributed by atoms with Crippen molar-refractivity contribution in [2.75, 3.05) is 0 Å². The molecule has 2 aromatic carbocycles. The summed E-state index contributed by atoms with van der Waals surface area (Å²) in [5.74, 6) is 0. The summed E-state index contributed by atoms with van der Waals surface area (Å²) in [5.41, 5.74) is 5.75. The fourth-order valence-corrected chi connectivity index (χ4v) is 3.22. The van der Waals surface area contributed by atoms with E-state index in [2.05, 4.69) is 56.3 Å². The molecular formula is C18H20O. The molecule has 1 aliphatic rings. The fourth-order valence-electron chi connectivity index (χ4n) is 3.22. The van der Waals surface area contributed by atoms with Crippen LogP contribution in [0.3, 0.4) is 0 Å². The van der Waals surface area contributed by atoms with Gasteiger partial charge in [-0.1, -0.05) is 56.3 Å². The van der Waals surface area contributed by atoms with Crippen LogP contribution in [0.2, 0.25) is 0 Å². The average Bonchev–Trinajstić information content (AvgIpc) is 2.85. The molecular weight excluding hydrogens is 232 g/mol. The highest BCUT2D eigenvalue weighted by Crippen LogP contribution is 2.42. The summed E-state index contributed by atoms with van der Waals surface area (Å²) in [4.78, 5) is 0. The summed E-state index contributed by atoms with van der Waals surface area (Å²) >= 11 is 0. The smallest absolute Gasteiger partial charge is 0.0894 e. The minimum absolute atomic E-state index is 0.687. The quantitative estimate of drug-likeness (QED) is 0.738. The number of aliphatic hydroxyl groups is 1. The molecule has 0 fully saturated rings. The first-order chi connectivity index (χ1) is 9.19. The molecule has 0 unspecified atom stereocenters. The zero-order chi connectivity index (χ0) is 13.5. The van der Waals surface area contributed by atoms with Crippen LogP contribution in [-0.2, 0) is 12.0 Å². The van der Waals surface area contributed by atoms with E-state index in [0.29, 0.717) is 0 Å². The second kappa shape index (κ2) is 4.50. The topological polar surface area (TPSA) is 20.2 Å². The van der Waals surface area contributed by atoms with Crippen LogP contribution < -0.4 is 0 Å². The molecule has 1 nitrogen and oxygen atoms in total. The Bertz CT molecular complexity index is 609. The molecule has 2 aromatic rings. The van der Waals surface area contributed by atoms with Gasteiger partial charge in [0.2, 0.25) is 0 Å². The summed E-state index contributed by atoms with van der Waals surface area (Å²) < 4.78 is 0. The van der Waals surface area contributed by atoms with Gasteiger partial charge < -0.3 is 5.11 Å². The van der Waals surface area contributed by atoms with Gasteiger partial charge in [-0.2, -0.15) is 0 Å². The highest BCUT2D eigenvalue weighted by Gasteiger charge is 2.31. The maximum absolute atomic E-state index is 10.8. The largest absolute Gasteiger partial charge is 0.385 e. The van der Waals surface area contributed by atoms with E-state index < -0.39 is 5.60 Å². The predicted molar refractivity (Wildman–Crippen MR) is 79.2 cm³/mol. The number of benzene rings is 2. The van der Waals surface area contributed by atoms with Gasteiger partial charge in [0.25, 0.3) is 0 Å². The minimum Gasteiger partial charge on any atom is -0.385 e. The van der Waals surface area contributed by atoms with E-state index in [0.717, 1.165) is 24.8 Å². The molecule has 19 heavy (non-hydrogen) atoms. The number of hydrogen-bond donors (Lipinski definition) is 1. The van der Waals surface area contributed by atoms with E-state index in [1.54, 1.807) is 0 Å². The maximum atomic E-state index is 10.8. The minimum atomic E-state index is -0.687. The Kier molecular flexibility index (Phi) is 2.94. The molecule has 0 aliphatic heterocycles. The second-order valence-electron chi connectivity index (χ2n) is 5.40. The van der Waals surface area contributed by atoms with Gasteiger partial charge in [-0.15, -0.1) is 0 Å². The molecule has 0 saturated carbocycles. The SMILES string of the molecule is CCC(O)(CC)c1cccc2c1Cc1ccccc1-2. The van der Waals surface area contributed by atoms with Gasteiger partial charge in [0.15, 0.2) is 0 Å². The average molecular weight is 252 g/mol. The molecule has 0 atom stereocenters. The van der Waals surface area contributed by atoms with Crippen LogP contribution in [0, 0.1) is 0 Å². The van der Waals surface area contributed by atoms with E-state index >= 15 is 0 Å². The molecule has 0 amide bonds. The highest BCUT2D eigenvalue weighted by molar-refractivity contribution is 5.78. The third-order valence-corrected chi connectivity index (χ3v) is 4.52. The molecule has 0 spiro atoms. The first kappa shape index (κ1) is 12.4. The van der Waals surface area contributed by atoms with E-state index in [-0.39, 0.29) is 0 Å². The second-order valence-corrected chi connectivity index (χ2v) is 5.40. The van der Waals surface area contributed by atoms with Crippen molar-refractivity contribution in [2.24, 2.45) is 0 Å². The van der Waals surface area contributed by atoms with E-state index in [1.807, 2.05) is 0 Å². The highest BCUT2D eigenvalue weighted by atomic mass is 16.3. The maximum Gasteiger partial charge on any atom is 0.0894 e. The van der Waals surface area contributed by atoms with Gasteiger partial charge in [-0.25, -0.2) is 0 Å². The van der Waals surface area contributed by atoms with Crippen molar-refractivity contribution >= 4 is 0 Å². The monoisotopic (exact) mass is 252 g/mol. The Labute approximate surface area is 114 Å². The lowest BCUT2D eigenvalue weighted by atomic mass is 9.84. The van der Waals surface area contributed by atoms with Crippen molar-refractivity contribution in [3.8, 4) is 11.1 Å². The first-order valence-corrected chi connectivity index (χ1v) is 7.12. The van der Waals surface area contributed by atoms with Gasteiger partial charge in [0.1, 0.15) is 0 Å². The summed E-state index contributed by atoms with van der Waals surface area (Å²) in [6.07, 6.45) is 2.47. The third-order valence-electron chi connectivity index (χ3n) is 4.52. The molecule has 0 bridgehead atoms. The fraction of sp³-hybridized carbons (Fsp3) is 0.333. The molecule has 0 heterocycles. The molecule has 1 N–H and O–H groups in total. The van der Waals surface area contributed by atoms with E-state index in [1.165, 1.54) is 22.3 Å². The van der Waals surface area contributed by atoms with Crippen molar-refractivity contribution in [2.45, 2.75) is 38.7 Å². The molecule has 0 aromatic heterocycles. The van der Waals surface area contributed by atoms with E-state index in [9.17, 15) is 5.11 Å². The van der Waals surface area contributed by atoms with Crippen LogP contribution >= 0.6 is 0 Å². The van der Waals surface area contributed by atoms with Crippen molar-refractivity contribution < 1.29 is 5.11 Å². The summed E-state index contributed by atoms with van der Waals surface area (Å²) in [5, 5.41) is 10.8. The lowest BCUT2D eigenvalue weighted by Crippen LogP contribution is -2.25. The normalized spacial score (nSPS) is 13.2. The van der Waals surface area contributed by atoms with Crippen molar-refractivity contribution in [3.63, 3.8) is 0 Å². The number of hydrogen-bond acceptors (Lipinski definition) is 1. The van der Waals surface area contributed by atoms with Crippen LogP contribution in [0.1, 0.15) is 43.4 Å². The predicted octanol–water partition coefficient (Wildman–Crippen LogP) is 4.27. The Morgan fingerprint density at radius 3 is 2.37 bits per heavy atom. The summed E-state index contributed by atoms with van der Waals surface area (Å²) in [7, 11) is 0. The standard InChI is InChI=1S/C18H20O/c1-3-18(19,4-2)17-11-7-10-15-14-9-6-5-8-13(14)12-16(15)17/h5-11,19H,3-4,12H2,1-2H3. The van der Waals surface area contributed by atoms with Crippen LogP contribution in [-0.4, -0.2) is 5.11 Å². The van der Waals surface area contributed by atoms with Gasteiger partial charge in [-0.05, 0) is 47.1 Å². The van der Waals surface area contributed by atoms with Crippen LogP contribution in [0.25, 0.3) is 11.1 Å². The third kappa shape index (κ3) is 1.81. The zero-order valence-electron chi connectivity index (χ0n) is 11.6. The van der Waals surface area contributed by atoms with Crippen LogP contribution in [0.4, 0.5) is 0 Å².